The summed E-state index contributed by atoms with van der Waals surface area (Å²) in [5, 5.41) is 26.5. The summed E-state index contributed by atoms with van der Waals surface area (Å²) in [6.07, 6.45) is 24.1. The summed E-state index contributed by atoms with van der Waals surface area (Å²) < 4.78 is 0.735. The molecule has 0 radical (unpaired) electrons. The summed E-state index contributed by atoms with van der Waals surface area (Å²) in [6.45, 7) is 6.94. The third-order valence-corrected chi connectivity index (χ3v) is 6.64. The number of unbranched alkanes of at least 4 members (excludes halogenated alkanes) is 15. The van der Waals surface area contributed by atoms with Gasteiger partial charge in [0.1, 0.15) is 6.34 Å². The summed E-state index contributed by atoms with van der Waals surface area (Å²) in [6, 6.07) is 0. The van der Waals surface area contributed by atoms with Gasteiger partial charge in [-0.1, -0.05) is 96.8 Å². The van der Waals surface area contributed by atoms with Crippen LogP contribution < -0.4 is 11.2 Å². The van der Waals surface area contributed by atoms with Gasteiger partial charge in [0.25, 0.3) is 0 Å². The Morgan fingerprint density at radius 3 is 1.68 bits per heavy atom. The number of rotatable bonds is 19. The van der Waals surface area contributed by atoms with Crippen LogP contribution in [0.5, 0.6) is 0 Å². The minimum Gasteiger partial charge on any atom is -0.375 e. The van der Waals surface area contributed by atoms with Crippen molar-refractivity contribution < 1.29 is 14.7 Å². The Labute approximate surface area is 231 Å². The molecule has 220 valence electrons. The lowest BCUT2D eigenvalue weighted by Crippen LogP contribution is -2.47. The highest BCUT2D eigenvalue weighted by atomic mass is 32.1. The van der Waals surface area contributed by atoms with Crippen molar-refractivity contribution >= 4 is 23.7 Å². The molecule has 0 aromatic rings. The second kappa shape index (κ2) is 25.9. The van der Waals surface area contributed by atoms with Crippen molar-refractivity contribution in [3.05, 3.63) is 15.3 Å². The SMILES string of the molecule is CCCCCCCCCCCCCCCCCC[N+](C)(C)C(C)O.NC(=S)NN1C=NCC1.O=[N+]([O-])[O-]. The summed E-state index contributed by atoms with van der Waals surface area (Å²) in [4.78, 5) is 12.2. The molecule has 37 heavy (non-hydrogen) atoms. The molecule has 4 N–H and O–H groups in total. The lowest BCUT2D eigenvalue weighted by atomic mass is 10.0. The van der Waals surface area contributed by atoms with Crippen molar-refractivity contribution in [1.82, 2.24) is 10.4 Å². The summed E-state index contributed by atoms with van der Waals surface area (Å²) >= 11 is 4.60. The Bertz CT molecular complexity index is 575. The van der Waals surface area contributed by atoms with Crippen LogP contribution >= 0.6 is 12.2 Å². The van der Waals surface area contributed by atoms with Crippen LogP contribution in [0, 0.1) is 15.3 Å². The number of nitrogens with zero attached hydrogens (tertiary/aromatic N) is 4. The molecule has 11 heteroatoms. The second-order valence-electron chi connectivity index (χ2n) is 10.4. The van der Waals surface area contributed by atoms with E-state index in [2.05, 4.69) is 43.7 Å². The third-order valence-electron chi connectivity index (χ3n) is 6.54. The molecule has 1 aliphatic rings. The molecule has 1 rings (SSSR count). The van der Waals surface area contributed by atoms with Crippen molar-refractivity contribution in [2.45, 2.75) is 123 Å². The monoisotopic (exact) mass is 548 g/mol. The second-order valence-corrected chi connectivity index (χ2v) is 10.8. The van der Waals surface area contributed by atoms with E-state index in [1.807, 2.05) is 6.92 Å². The molecule has 0 aromatic heterocycles. The van der Waals surface area contributed by atoms with E-state index in [-0.39, 0.29) is 11.3 Å². The van der Waals surface area contributed by atoms with Gasteiger partial charge in [-0.05, 0) is 25.1 Å². The van der Waals surface area contributed by atoms with Gasteiger partial charge in [-0.15, -0.1) is 0 Å². The van der Waals surface area contributed by atoms with E-state index >= 15 is 0 Å². The van der Waals surface area contributed by atoms with E-state index in [9.17, 15) is 5.11 Å². The summed E-state index contributed by atoms with van der Waals surface area (Å²) in [5.41, 5.74) is 7.92. The van der Waals surface area contributed by atoms with Crippen LogP contribution in [0.2, 0.25) is 0 Å². The fraction of sp³-hybridized carbons (Fsp3) is 0.923. The Morgan fingerprint density at radius 1 is 1.00 bits per heavy atom. The number of aliphatic hydroxyl groups excluding tert-OH is 1. The Balaban J connectivity index is 0. The molecule has 0 saturated carbocycles. The zero-order valence-electron chi connectivity index (χ0n) is 24.0. The number of hydrazine groups is 1. The first-order chi connectivity index (χ1) is 17.5. The lowest BCUT2D eigenvalue weighted by Gasteiger charge is -2.32. The van der Waals surface area contributed by atoms with Crippen LogP contribution in [-0.2, 0) is 0 Å². The average molecular weight is 549 g/mol. The molecule has 1 heterocycles. The van der Waals surface area contributed by atoms with Crippen LogP contribution in [0.25, 0.3) is 0 Å². The highest BCUT2D eigenvalue weighted by Crippen LogP contribution is 2.14. The molecule has 0 aliphatic carbocycles. The number of hydrogen-bond donors (Lipinski definition) is 3. The number of hydrogen-bond acceptors (Lipinski definition) is 7. The van der Waals surface area contributed by atoms with E-state index in [1.165, 1.54) is 103 Å². The largest absolute Gasteiger partial charge is 0.375 e. The van der Waals surface area contributed by atoms with E-state index < -0.39 is 5.09 Å². The molecule has 0 fully saturated rings. The molecular weight excluding hydrogens is 492 g/mol. The van der Waals surface area contributed by atoms with E-state index in [0.717, 1.165) is 24.1 Å². The van der Waals surface area contributed by atoms with Crippen LogP contribution in [0.4, 0.5) is 0 Å². The summed E-state index contributed by atoms with van der Waals surface area (Å²) in [5.74, 6) is 0. The number of aliphatic hydroxyl groups is 1. The molecular formula is C26H56N6O4S. The topological polar surface area (TPSA) is 140 Å². The Hall–Kier alpha value is -1.72. The van der Waals surface area contributed by atoms with Crippen LogP contribution in [0.3, 0.4) is 0 Å². The molecule has 1 atom stereocenters. The van der Waals surface area contributed by atoms with E-state index in [4.69, 9.17) is 21.1 Å². The zero-order chi connectivity index (χ0) is 28.4. The average Bonchev–Trinajstić information content (AvgIpc) is 3.31. The van der Waals surface area contributed by atoms with Gasteiger partial charge in [0.05, 0.1) is 38.8 Å². The predicted octanol–water partition coefficient (Wildman–Crippen LogP) is 5.50. The van der Waals surface area contributed by atoms with Gasteiger partial charge in [0, 0.05) is 6.92 Å². The van der Waals surface area contributed by atoms with Crippen molar-refractivity contribution in [2.24, 2.45) is 10.7 Å². The minimum atomic E-state index is -1.75. The van der Waals surface area contributed by atoms with Gasteiger partial charge in [-0.2, -0.15) is 0 Å². The van der Waals surface area contributed by atoms with Gasteiger partial charge < -0.3 is 30.6 Å². The number of aliphatic imine (C=N–C) groups is 1. The van der Waals surface area contributed by atoms with Crippen LogP contribution in [-0.4, -0.2) is 71.1 Å². The maximum Gasteiger partial charge on any atom is 0.187 e. The maximum absolute atomic E-state index is 9.68. The number of thiocarbonyl (C=S) groups is 1. The molecule has 0 saturated heterocycles. The third kappa shape index (κ3) is 30.4. The fourth-order valence-corrected chi connectivity index (χ4v) is 3.98. The molecule has 0 bridgehead atoms. The van der Waals surface area contributed by atoms with Gasteiger partial charge in [-0.3, -0.25) is 15.4 Å². The number of nitrogens with one attached hydrogen (secondary N) is 1. The smallest absolute Gasteiger partial charge is 0.187 e. The van der Waals surface area contributed by atoms with Gasteiger partial charge in [-0.25, -0.2) is 0 Å². The molecule has 1 unspecified atom stereocenters. The fourth-order valence-electron chi connectivity index (χ4n) is 3.86. The van der Waals surface area contributed by atoms with Crippen molar-refractivity contribution in [2.75, 3.05) is 33.7 Å². The van der Waals surface area contributed by atoms with Gasteiger partial charge >= 0.3 is 0 Å². The van der Waals surface area contributed by atoms with E-state index in [0.29, 0.717) is 0 Å². The Kier molecular flexibility index (Phi) is 26.2. The van der Waals surface area contributed by atoms with Crippen molar-refractivity contribution in [1.29, 1.82) is 0 Å². The van der Waals surface area contributed by atoms with Crippen molar-refractivity contribution in [3.63, 3.8) is 0 Å². The van der Waals surface area contributed by atoms with Gasteiger partial charge in [0.15, 0.2) is 11.3 Å². The van der Waals surface area contributed by atoms with Gasteiger partial charge in [0.2, 0.25) is 0 Å². The highest BCUT2D eigenvalue weighted by molar-refractivity contribution is 7.80. The minimum absolute atomic E-state index is 0.249. The number of nitrogens with two attached hydrogens (primary N) is 1. The molecule has 0 amide bonds. The highest BCUT2D eigenvalue weighted by Gasteiger charge is 2.20. The zero-order valence-corrected chi connectivity index (χ0v) is 24.9. The molecule has 1 aliphatic heterocycles. The maximum atomic E-state index is 9.68. The van der Waals surface area contributed by atoms with E-state index in [1.54, 1.807) is 11.3 Å². The first kappa shape index (κ1) is 37.4. The first-order valence-electron chi connectivity index (χ1n) is 14.2. The quantitative estimate of drug-likeness (QED) is 0.0480. The Morgan fingerprint density at radius 2 is 1.38 bits per heavy atom. The lowest BCUT2D eigenvalue weighted by molar-refractivity contribution is -0.934. The number of quaternary nitrogens is 1. The summed E-state index contributed by atoms with van der Waals surface area (Å²) in [7, 11) is 4.24. The normalized spacial score (nSPS) is 13.3. The molecule has 0 aromatic carbocycles. The van der Waals surface area contributed by atoms with Crippen LogP contribution in [0.15, 0.2) is 4.99 Å². The molecule has 10 nitrogen and oxygen atoms in total. The predicted molar refractivity (Wildman–Crippen MR) is 159 cm³/mol. The molecule has 0 spiro atoms. The standard InChI is InChI=1S/C22H48NO.C4H8N4S.NO3/c1-5-6-7-8-9-10-11-12-13-14-15-16-17-18-19-20-21-23(3,4)22(2)24;5-4(9)7-8-2-1-6-3-8;2-1(3)4/h22,24H,5-21H2,1-4H3;3H,1-2H2,(H3,5,7,9);/q+1;;-1. The first-order valence-corrected chi connectivity index (χ1v) is 14.6. The van der Waals surface area contributed by atoms with Crippen molar-refractivity contribution in [3.8, 4) is 0 Å². The van der Waals surface area contributed by atoms with Crippen LogP contribution in [0.1, 0.15) is 117 Å².